The largest absolute Gasteiger partial charge is 0.393 e. The molecule has 1 N–H and O–H groups in total. The Hall–Kier alpha value is -0.550. The zero-order valence-electron chi connectivity index (χ0n) is 10.2. The van der Waals surface area contributed by atoms with E-state index in [9.17, 15) is 13.2 Å². The average Bonchev–Trinajstić information content (AvgIpc) is 2.81. The summed E-state index contributed by atoms with van der Waals surface area (Å²) < 4.78 is 38.6. The maximum Gasteiger partial charge on any atom is 0.393 e. The van der Waals surface area contributed by atoms with Gasteiger partial charge in [-0.25, -0.2) is 0 Å². The van der Waals surface area contributed by atoms with Crippen LogP contribution in [0.2, 0.25) is 0 Å². The highest BCUT2D eigenvalue weighted by atomic mass is 32.1. The van der Waals surface area contributed by atoms with Crippen molar-refractivity contribution in [3.05, 3.63) is 22.4 Å². The van der Waals surface area contributed by atoms with Crippen molar-refractivity contribution in [2.24, 2.45) is 5.92 Å². The van der Waals surface area contributed by atoms with Crippen LogP contribution >= 0.6 is 11.3 Å². The van der Waals surface area contributed by atoms with Gasteiger partial charge in [0.2, 0.25) is 0 Å². The molecule has 1 aromatic rings. The lowest BCUT2D eigenvalue weighted by Crippen LogP contribution is -2.46. The van der Waals surface area contributed by atoms with E-state index in [0.717, 1.165) is 12.8 Å². The van der Waals surface area contributed by atoms with Crippen molar-refractivity contribution >= 4 is 11.3 Å². The van der Waals surface area contributed by atoms with Crippen molar-refractivity contribution in [2.45, 2.75) is 44.3 Å². The number of alkyl halides is 3. The fraction of sp³-hybridized carbons (Fsp3) is 0.692. The highest BCUT2D eigenvalue weighted by Gasteiger charge is 2.45. The average molecular weight is 277 g/mol. The Labute approximate surface area is 109 Å². The molecule has 18 heavy (non-hydrogen) atoms. The number of halogens is 3. The van der Waals surface area contributed by atoms with E-state index in [0.29, 0.717) is 19.4 Å². The van der Waals surface area contributed by atoms with Gasteiger partial charge in [-0.2, -0.15) is 13.2 Å². The summed E-state index contributed by atoms with van der Waals surface area (Å²) in [5.74, 6) is -1.16. The molecule has 2 rings (SSSR count). The Kier molecular flexibility index (Phi) is 4.67. The molecule has 0 spiro atoms. The smallest absolute Gasteiger partial charge is 0.313 e. The SMILES string of the molecule is FC(F)(F)C1CCCCC1NCCc1cccs1. The van der Waals surface area contributed by atoms with Crippen molar-refractivity contribution < 1.29 is 13.2 Å². The molecule has 1 aliphatic rings. The first-order valence-corrected chi connectivity index (χ1v) is 7.28. The minimum absolute atomic E-state index is 0.278. The summed E-state index contributed by atoms with van der Waals surface area (Å²) in [7, 11) is 0. The first-order chi connectivity index (χ1) is 8.57. The fourth-order valence-electron chi connectivity index (χ4n) is 2.60. The van der Waals surface area contributed by atoms with Crippen LogP contribution in [0.5, 0.6) is 0 Å². The quantitative estimate of drug-likeness (QED) is 0.877. The van der Waals surface area contributed by atoms with Crippen LogP contribution in [-0.4, -0.2) is 18.8 Å². The predicted molar refractivity (Wildman–Crippen MR) is 67.8 cm³/mol. The Bertz CT molecular complexity index is 348. The van der Waals surface area contributed by atoms with E-state index in [-0.39, 0.29) is 6.42 Å². The molecule has 0 aromatic carbocycles. The molecule has 1 nitrogen and oxygen atoms in total. The summed E-state index contributed by atoms with van der Waals surface area (Å²) in [6.45, 7) is 0.637. The van der Waals surface area contributed by atoms with Crippen LogP contribution in [0.15, 0.2) is 17.5 Å². The third kappa shape index (κ3) is 3.72. The van der Waals surface area contributed by atoms with Gasteiger partial charge in [-0.05, 0) is 30.7 Å². The first kappa shape index (κ1) is 13.9. The van der Waals surface area contributed by atoms with Gasteiger partial charge in [0.05, 0.1) is 5.92 Å². The second-order valence-corrected chi connectivity index (χ2v) is 5.85. The number of hydrogen-bond acceptors (Lipinski definition) is 2. The molecule has 0 amide bonds. The van der Waals surface area contributed by atoms with E-state index < -0.39 is 18.1 Å². The molecule has 0 aliphatic heterocycles. The van der Waals surface area contributed by atoms with E-state index in [1.165, 1.54) is 4.88 Å². The molecular formula is C13H18F3NS. The second-order valence-electron chi connectivity index (χ2n) is 4.82. The molecule has 0 bridgehead atoms. The van der Waals surface area contributed by atoms with Crippen LogP contribution in [0.1, 0.15) is 30.6 Å². The van der Waals surface area contributed by atoms with Gasteiger partial charge in [0.15, 0.2) is 0 Å². The number of hydrogen-bond donors (Lipinski definition) is 1. The monoisotopic (exact) mass is 277 g/mol. The van der Waals surface area contributed by atoms with E-state index in [1.807, 2.05) is 17.5 Å². The van der Waals surface area contributed by atoms with Gasteiger partial charge in [-0.3, -0.25) is 0 Å². The Morgan fingerprint density at radius 1 is 1.28 bits per heavy atom. The lowest BCUT2D eigenvalue weighted by molar-refractivity contribution is -0.188. The maximum atomic E-state index is 12.9. The van der Waals surface area contributed by atoms with Crippen LogP contribution in [-0.2, 0) is 6.42 Å². The Morgan fingerprint density at radius 3 is 2.72 bits per heavy atom. The molecule has 5 heteroatoms. The maximum absolute atomic E-state index is 12.9. The summed E-state index contributed by atoms with van der Waals surface area (Å²) in [5.41, 5.74) is 0. The predicted octanol–water partition coefficient (Wildman–Crippen LogP) is 4.00. The molecule has 2 atom stereocenters. The molecule has 1 aliphatic carbocycles. The number of rotatable bonds is 4. The van der Waals surface area contributed by atoms with Gasteiger partial charge in [-0.15, -0.1) is 11.3 Å². The van der Waals surface area contributed by atoms with E-state index in [2.05, 4.69) is 5.32 Å². The van der Waals surface area contributed by atoms with E-state index in [4.69, 9.17) is 0 Å². The minimum Gasteiger partial charge on any atom is -0.313 e. The molecule has 1 fully saturated rings. The topological polar surface area (TPSA) is 12.0 Å². The van der Waals surface area contributed by atoms with Gasteiger partial charge in [0.1, 0.15) is 0 Å². The lowest BCUT2D eigenvalue weighted by atomic mass is 9.84. The third-order valence-corrected chi connectivity index (χ3v) is 4.48. The Balaban J connectivity index is 1.82. The standard InChI is InChI=1S/C13H18F3NS/c14-13(15,16)11-5-1-2-6-12(11)17-8-7-10-4-3-9-18-10/h3-4,9,11-12,17H,1-2,5-8H2. The van der Waals surface area contributed by atoms with Gasteiger partial charge >= 0.3 is 6.18 Å². The molecule has 1 heterocycles. The lowest BCUT2D eigenvalue weighted by Gasteiger charge is -2.33. The second kappa shape index (κ2) is 6.06. The summed E-state index contributed by atoms with van der Waals surface area (Å²) in [6, 6.07) is 3.60. The molecule has 0 radical (unpaired) electrons. The zero-order valence-corrected chi connectivity index (χ0v) is 11.0. The first-order valence-electron chi connectivity index (χ1n) is 6.40. The molecular weight excluding hydrogens is 259 g/mol. The molecule has 1 saturated carbocycles. The molecule has 0 saturated heterocycles. The third-order valence-electron chi connectivity index (χ3n) is 3.54. The molecule has 1 aromatic heterocycles. The molecule has 102 valence electrons. The van der Waals surface area contributed by atoms with Gasteiger partial charge in [-0.1, -0.05) is 18.9 Å². The van der Waals surface area contributed by atoms with Gasteiger partial charge in [0.25, 0.3) is 0 Å². The zero-order chi connectivity index (χ0) is 13.0. The summed E-state index contributed by atoms with van der Waals surface area (Å²) in [6.07, 6.45) is -0.703. The summed E-state index contributed by atoms with van der Waals surface area (Å²) in [4.78, 5) is 1.22. The summed E-state index contributed by atoms with van der Waals surface area (Å²) >= 11 is 1.65. The fourth-order valence-corrected chi connectivity index (χ4v) is 3.31. The van der Waals surface area contributed by atoms with E-state index >= 15 is 0 Å². The van der Waals surface area contributed by atoms with Gasteiger partial charge < -0.3 is 5.32 Å². The normalized spacial score (nSPS) is 25.3. The Morgan fingerprint density at radius 2 is 2.06 bits per heavy atom. The van der Waals surface area contributed by atoms with Crippen molar-refractivity contribution in [1.82, 2.24) is 5.32 Å². The number of thiophene rings is 1. The van der Waals surface area contributed by atoms with Crippen molar-refractivity contribution in [1.29, 1.82) is 0 Å². The van der Waals surface area contributed by atoms with Gasteiger partial charge in [0, 0.05) is 17.5 Å². The van der Waals surface area contributed by atoms with E-state index in [1.54, 1.807) is 11.3 Å². The number of nitrogens with one attached hydrogen (secondary N) is 1. The van der Waals surface area contributed by atoms with Crippen molar-refractivity contribution in [3.8, 4) is 0 Å². The van der Waals surface area contributed by atoms with Crippen LogP contribution in [0, 0.1) is 5.92 Å². The summed E-state index contributed by atoms with van der Waals surface area (Å²) in [5, 5.41) is 5.10. The van der Waals surface area contributed by atoms with Crippen LogP contribution in [0.25, 0.3) is 0 Å². The van der Waals surface area contributed by atoms with Crippen LogP contribution in [0.4, 0.5) is 13.2 Å². The van der Waals surface area contributed by atoms with Crippen molar-refractivity contribution in [3.63, 3.8) is 0 Å². The highest BCUT2D eigenvalue weighted by molar-refractivity contribution is 7.09. The molecule has 2 unspecified atom stereocenters. The van der Waals surface area contributed by atoms with Crippen LogP contribution in [0.3, 0.4) is 0 Å². The van der Waals surface area contributed by atoms with Crippen molar-refractivity contribution in [2.75, 3.05) is 6.54 Å². The van der Waals surface area contributed by atoms with Crippen LogP contribution < -0.4 is 5.32 Å². The minimum atomic E-state index is -4.05. The highest BCUT2D eigenvalue weighted by Crippen LogP contribution is 2.37.